The third kappa shape index (κ3) is 3.51. The van der Waals surface area contributed by atoms with Crippen LogP contribution in [0.1, 0.15) is 29.3 Å². The van der Waals surface area contributed by atoms with Crippen molar-refractivity contribution in [2.45, 2.75) is 25.8 Å². The van der Waals surface area contributed by atoms with Crippen LogP contribution in [0.5, 0.6) is 0 Å². The maximum absolute atomic E-state index is 12.4. The normalized spacial score (nSPS) is 19.9. The van der Waals surface area contributed by atoms with E-state index < -0.39 is 0 Å². The molecule has 1 unspecified atom stereocenters. The fourth-order valence-corrected chi connectivity index (χ4v) is 3.90. The molecule has 0 radical (unpaired) electrons. The Hall–Kier alpha value is -2.60. The van der Waals surface area contributed by atoms with Gasteiger partial charge in [0.05, 0.1) is 11.9 Å². The topological polar surface area (TPSA) is 60.5 Å². The number of nitrogens with zero attached hydrogens (tertiary/aromatic N) is 3. The van der Waals surface area contributed by atoms with Crippen molar-refractivity contribution in [2.24, 2.45) is 0 Å². The first kappa shape index (κ1) is 16.8. The predicted octanol–water partition coefficient (Wildman–Crippen LogP) is 2.73. The maximum Gasteiger partial charge on any atom is 0.336 e. The summed E-state index contributed by atoms with van der Waals surface area (Å²) in [5.74, 6) is 0. The minimum atomic E-state index is -0.0861. The van der Waals surface area contributed by atoms with E-state index in [2.05, 4.69) is 45.0 Å². The van der Waals surface area contributed by atoms with Gasteiger partial charge in [-0.25, -0.2) is 4.79 Å². The zero-order valence-corrected chi connectivity index (χ0v) is 15.1. The van der Waals surface area contributed by atoms with Gasteiger partial charge in [0.25, 0.3) is 0 Å². The molecular weight excluding hydrogens is 326 g/mol. The molecular formula is C20H25N5O. The number of aromatic nitrogens is 1. The third-order valence-corrected chi connectivity index (χ3v) is 5.37. The summed E-state index contributed by atoms with van der Waals surface area (Å²) >= 11 is 0. The number of carbonyl (C=O) groups excluding carboxylic acids is 1. The van der Waals surface area contributed by atoms with Gasteiger partial charge in [-0.05, 0) is 43.0 Å². The minimum absolute atomic E-state index is 0.0861. The minimum Gasteiger partial charge on any atom is -0.321 e. The monoisotopic (exact) mass is 351 g/mol. The predicted molar refractivity (Wildman–Crippen MR) is 102 cm³/mol. The van der Waals surface area contributed by atoms with E-state index in [0.29, 0.717) is 6.04 Å². The number of rotatable bonds is 3. The van der Waals surface area contributed by atoms with Crippen molar-refractivity contribution >= 4 is 11.7 Å². The summed E-state index contributed by atoms with van der Waals surface area (Å²) in [4.78, 5) is 21.0. The van der Waals surface area contributed by atoms with Gasteiger partial charge in [-0.3, -0.25) is 20.7 Å². The lowest BCUT2D eigenvalue weighted by molar-refractivity contribution is 0.109. The van der Waals surface area contributed by atoms with E-state index >= 15 is 0 Å². The van der Waals surface area contributed by atoms with Crippen molar-refractivity contribution in [3.05, 3.63) is 59.4 Å². The molecule has 136 valence electrons. The van der Waals surface area contributed by atoms with Crippen molar-refractivity contribution in [2.75, 3.05) is 31.6 Å². The van der Waals surface area contributed by atoms with Crippen LogP contribution in [-0.2, 0) is 6.42 Å². The number of piperazine rings is 1. The van der Waals surface area contributed by atoms with E-state index in [4.69, 9.17) is 0 Å². The Morgan fingerprint density at radius 1 is 1.12 bits per heavy atom. The summed E-state index contributed by atoms with van der Waals surface area (Å²) in [6.45, 7) is 5.26. The fourth-order valence-electron chi connectivity index (χ4n) is 3.90. The number of hydrogen-bond acceptors (Lipinski definition) is 4. The van der Waals surface area contributed by atoms with E-state index in [1.165, 1.54) is 17.5 Å². The summed E-state index contributed by atoms with van der Waals surface area (Å²) in [6, 6.07) is 13.0. The van der Waals surface area contributed by atoms with Crippen LogP contribution in [0.2, 0.25) is 0 Å². The number of amides is 2. The first-order valence-corrected chi connectivity index (χ1v) is 9.26. The van der Waals surface area contributed by atoms with E-state index in [-0.39, 0.29) is 6.03 Å². The Kier molecular flexibility index (Phi) is 4.75. The average Bonchev–Trinajstić information content (AvgIpc) is 3.11. The number of nitrogens with one attached hydrogen (secondary N) is 2. The molecule has 1 aromatic carbocycles. The van der Waals surface area contributed by atoms with E-state index in [9.17, 15) is 4.79 Å². The molecule has 6 heteroatoms. The van der Waals surface area contributed by atoms with Crippen molar-refractivity contribution in [1.82, 2.24) is 20.2 Å². The molecule has 1 aliphatic carbocycles. The highest BCUT2D eigenvalue weighted by Gasteiger charge is 2.30. The lowest BCUT2D eigenvalue weighted by atomic mass is 10.1. The van der Waals surface area contributed by atoms with E-state index in [1.807, 2.05) is 24.0 Å². The number of benzene rings is 1. The SMILES string of the molecule is Cc1ccc(NNC(=O)N2CCN(C3CCc4ccccc43)CC2)cn1. The van der Waals surface area contributed by atoms with Crippen LogP contribution in [0.4, 0.5) is 10.5 Å². The van der Waals surface area contributed by atoms with E-state index in [1.54, 1.807) is 6.20 Å². The Labute approximate surface area is 154 Å². The van der Waals surface area contributed by atoms with Gasteiger partial charge in [0.1, 0.15) is 0 Å². The summed E-state index contributed by atoms with van der Waals surface area (Å²) in [5.41, 5.74) is 10.4. The van der Waals surface area contributed by atoms with Crippen LogP contribution in [0, 0.1) is 6.92 Å². The maximum atomic E-state index is 12.4. The summed E-state index contributed by atoms with van der Waals surface area (Å²) < 4.78 is 0. The highest BCUT2D eigenvalue weighted by atomic mass is 16.2. The Morgan fingerprint density at radius 2 is 1.92 bits per heavy atom. The van der Waals surface area contributed by atoms with Crippen molar-refractivity contribution < 1.29 is 4.79 Å². The van der Waals surface area contributed by atoms with Crippen molar-refractivity contribution in [1.29, 1.82) is 0 Å². The number of hydrazine groups is 1. The van der Waals surface area contributed by atoms with Gasteiger partial charge in [-0.2, -0.15) is 0 Å². The second-order valence-electron chi connectivity index (χ2n) is 7.02. The van der Waals surface area contributed by atoms with Crippen LogP contribution in [0.15, 0.2) is 42.6 Å². The van der Waals surface area contributed by atoms with Crippen LogP contribution < -0.4 is 10.9 Å². The van der Waals surface area contributed by atoms with Gasteiger partial charge in [-0.15, -0.1) is 0 Å². The number of aryl methyl sites for hydroxylation is 2. The smallest absolute Gasteiger partial charge is 0.321 e. The molecule has 26 heavy (non-hydrogen) atoms. The molecule has 1 saturated heterocycles. The van der Waals surface area contributed by atoms with Crippen LogP contribution in [-0.4, -0.2) is 47.0 Å². The summed E-state index contributed by atoms with van der Waals surface area (Å²) in [5, 5.41) is 0. The zero-order chi connectivity index (χ0) is 17.9. The molecule has 0 saturated carbocycles. The van der Waals surface area contributed by atoms with Gasteiger partial charge >= 0.3 is 6.03 Å². The molecule has 2 aromatic rings. The first-order valence-electron chi connectivity index (χ1n) is 9.26. The average molecular weight is 351 g/mol. The second kappa shape index (κ2) is 7.33. The molecule has 2 aliphatic rings. The zero-order valence-electron chi connectivity index (χ0n) is 15.1. The molecule has 0 spiro atoms. The van der Waals surface area contributed by atoms with Gasteiger partial charge in [0.15, 0.2) is 0 Å². The molecule has 2 amide bonds. The molecule has 4 rings (SSSR count). The molecule has 6 nitrogen and oxygen atoms in total. The highest BCUT2D eigenvalue weighted by Crippen LogP contribution is 2.35. The number of hydrogen-bond donors (Lipinski definition) is 2. The number of carbonyl (C=O) groups is 1. The first-order chi connectivity index (χ1) is 12.7. The molecule has 0 bridgehead atoms. The molecule has 1 atom stereocenters. The molecule has 2 N–H and O–H groups in total. The third-order valence-electron chi connectivity index (χ3n) is 5.37. The van der Waals surface area contributed by atoms with E-state index in [0.717, 1.165) is 44.0 Å². The molecule has 1 fully saturated rings. The van der Waals surface area contributed by atoms with Gasteiger partial charge < -0.3 is 4.90 Å². The van der Waals surface area contributed by atoms with Crippen LogP contribution in [0.3, 0.4) is 0 Å². The largest absolute Gasteiger partial charge is 0.336 e. The highest BCUT2D eigenvalue weighted by molar-refractivity contribution is 5.75. The number of urea groups is 1. The quantitative estimate of drug-likeness (QED) is 0.835. The Balaban J connectivity index is 1.28. The molecule has 1 aromatic heterocycles. The Morgan fingerprint density at radius 3 is 2.69 bits per heavy atom. The summed E-state index contributed by atoms with van der Waals surface area (Å²) in [6.07, 6.45) is 4.06. The lowest BCUT2D eigenvalue weighted by Gasteiger charge is -2.38. The Bertz CT molecular complexity index is 768. The number of fused-ring (bicyclic) bond motifs is 1. The van der Waals surface area contributed by atoms with Crippen molar-refractivity contribution in [3.8, 4) is 0 Å². The molecule has 1 aliphatic heterocycles. The summed E-state index contributed by atoms with van der Waals surface area (Å²) in [7, 11) is 0. The lowest BCUT2D eigenvalue weighted by Crippen LogP contribution is -2.53. The van der Waals surface area contributed by atoms with Gasteiger partial charge in [-0.1, -0.05) is 24.3 Å². The number of anilines is 1. The van der Waals surface area contributed by atoms with Gasteiger partial charge in [0.2, 0.25) is 0 Å². The van der Waals surface area contributed by atoms with Crippen LogP contribution in [0.25, 0.3) is 0 Å². The fraction of sp³-hybridized carbons (Fsp3) is 0.400. The number of pyridine rings is 1. The van der Waals surface area contributed by atoms with Crippen molar-refractivity contribution in [3.63, 3.8) is 0 Å². The molecule has 2 heterocycles. The standard InChI is InChI=1S/C20H25N5O/c1-15-6-8-17(14-21-15)22-23-20(26)25-12-10-24(11-13-25)19-9-7-16-4-2-3-5-18(16)19/h2-6,8,14,19,22H,7,9-13H2,1H3,(H,23,26). The van der Waals surface area contributed by atoms with Crippen LogP contribution >= 0.6 is 0 Å². The van der Waals surface area contributed by atoms with Gasteiger partial charge in [0, 0.05) is 37.9 Å². The second-order valence-corrected chi connectivity index (χ2v) is 7.02.